The smallest absolute Gasteiger partial charge is 0.240 e. The van der Waals surface area contributed by atoms with Crippen LogP contribution in [-0.2, 0) is 4.79 Å². The third-order valence-electron chi connectivity index (χ3n) is 3.29. The monoisotopic (exact) mass is 228 g/mol. The lowest BCUT2D eigenvalue weighted by Crippen LogP contribution is -2.45. The minimum absolute atomic E-state index is 0.00931. The molecule has 0 saturated carbocycles. The van der Waals surface area contributed by atoms with Crippen LogP contribution < -0.4 is 5.32 Å². The zero-order valence-electron chi connectivity index (χ0n) is 10.6. The number of hydrogen-bond donors (Lipinski definition) is 2. The largest absolute Gasteiger partial charge is 0.396 e. The summed E-state index contributed by atoms with van der Waals surface area (Å²) in [5.74, 6) is 0.602. The number of aliphatic hydroxyl groups is 1. The van der Waals surface area contributed by atoms with Crippen molar-refractivity contribution in [1.82, 2.24) is 10.2 Å². The van der Waals surface area contributed by atoms with Crippen molar-refractivity contribution in [3.8, 4) is 0 Å². The molecule has 1 aliphatic rings. The fourth-order valence-corrected chi connectivity index (χ4v) is 2.45. The van der Waals surface area contributed by atoms with Crippen molar-refractivity contribution in [1.29, 1.82) is 0 Å². The number of nitrogens with zero attached hydrogens (tertiary/aromatic N) is 1. The second-order valence-corrected chi connectivity index (χ2v) is 4.75. The van der Waals surface area contributed by atoms with Gasteiger partial charge in [-0.15, -0.1) is 0 Å². The van der Waals surface area contributed by atoms with Crippen LogP contribution in [0.5, 0.6) is 0 Å². The normalized spacial score (nSPS) is 23.2. The predicted octanol–water partition coefficient (Wildman–Crippen LogP) is 0.604. The van der Waals surface area contributed by atoms with E-state index in [2.05, 4.69) is 19.2 Å². The number of hydrogen-bond acceptors (Lipinski definition) is 3. The molecule has 0 aromatic rings. The number of likely N-dealkylation sites (tertiary alicyclic amines) is 1. The second kappa shape index (κ2) is 6.21. The highest BCUT2D eigenvalue weighted by Crippen LogP contribution is 2.21. The molecule has 0 aliphatic carbocycles. The van der Waals surface area contributed by atoms with Gasteiger partial charge in [-0.1, -0.05) is 20.8 Å². The zero-order chi connectivity index (χ0) is 12.1. The summed E-state index contributed by atoms with van der Waals surface area (Å²) >= 11 is 0. The maximum absolute atomic E-state index is 12.1. The third kappa shape index (κ3) is 2.95. The summed E-state index contributed by atoms with van der Waals surface area (Å²) in [5.41, 5.74) is 0. The molecule has 2 atom stereocenters. The van der Waals surface area contributed by atoms with E-state index in [0.29, 0.717) is 12.3 Å². The van der Waals surface area contributed by atoms with Crippen molar-refractivity contribution in [2.45, 2.75) is 45.7 Å². The van der Waals surface area contributed by atoms with Crippen molar-refractivity contribution >= 4 is 5.91 Å². The van der Waals surface area contributed by atoms with E-state index >= 15 is 0 Å². The summed E-state index contributed by atoms with van der Waals surface area (Å²) < 4.78 is 0. The van der Waals surface area contributed by atoms with Crippen molar-refractivity contribution < 1.29 is 9.90 Å². The lowest BCUT2D eigenvalue weighted by Gasteiger charge is -2.31. The Morgan fingerprint density at radius 3 is 2.75 bits per heavy atom. The highest BCUT2D eigenvalue weighted by Gasteiger charge is 2.35. The molecule has 0 aromatic carbocycles. The first kappa shape index (κ1) is 13.5. The minimum Gasteiger partial charge on any atom is -0.396 e. The lowest BCUT2D eigenvalue weighted by molar-refractivity contribution is -0.132. The molecule has 1 amide bonds. The number of carbonyl (C=O) groups excluding carboxylic acids is 1. The van der Waals surface area contributed by atoms with Crippen molar-refractivity contribution in [2.24, 2.45) is 5.92 Å². The molecule has 0 bridgehead atoms. The summed E-state index contributed by atoms with van der Waals surface area (Å²) in [6.07, 6.45) is 1.57. The van der Waals surface area contributed by atoms with Gasteiger partial charge in [0.15, 0.2) is 0 Å². The number of rotatable bonds is 6. The SMILES string of the molecule is CCNC1CCN(C(CCO)C(C)C)C1=O. The molecule has 4 nitrogen and oxygen atoms in total. The fourth-order valence-electron chi connectivity index (χ4n) is 2.45. The van der Waals surface area contributed by atoms with Gasteiger partial charge in [-0.25, -0.2) is 0 Å². The highest BCUT2D eigenvalue weighted by atomic mass is 16.3. The first-order valence-electron chi connectivity index (χ1n) is 6.26. The Morgan fingerprint density at radius 1 is 1.56 bits per heavy atom. The van der Waals surface area contributed by atoms with Crippen molar-refractivity contribution in [3.05, 3.63) is 0 Å². The van der Waals surface area contributed by atoms with E-state index in [1.807, 2.05) is 11.8 Å². The van der Waals surface area contributed by atoms with Gasteiger partial charge in [0.05, 0.1) is 6.04 Å². The highest BCUT2D eigenvalue weighted by molar-refractivity contribution is 5.84. The summed E-state index contributed by atoms with van der Waals surface area (Å²) in [6, 6.07) is 0.172. The maximum Gasteiger partial charge on any atom is 0.240 e. The summed E-state index contributed by atoms with van der Waals surface area (Å²) in [4.78, 5) is 14.0. The quantitative estimate of drug-likeness (QED) is 0.700. The van der Waals surface area contributed by atoms with Crippen LogP contribution in [0.25, 0.3) is 0 Å². The minimum atomic E-state index is -0.00931. The molecule has 94 valence electrons. The number of likely N-dealkylation sites (N-methyl/N-ethyl adjacent to an activating group) is 1. The van der Waals surface area contributed by atoms with Crippen molar-refractivity contribution in [2.75, 3.05) is 19.7 Å². The molecule has 2 N–H and O–H groups in total. The Kier molecular flexibility index (Phi) is 5.22. The fraction of sp³-hybridized carbons (Fsp3) is 0.917. The average Bonchev–Trinajstić information content (AvgIpc) is 2.58. The molecule has 16 heavy (non-hydrogen) atoms. The molecule has 1 fully saturated rings. The molecule has 4 heteroatoms. The van der Waals surface area contributed by atoms with Crippen LogP contribution in [0.4, 0.5) is 0 Å². The standard InChI is InChI=1S/C12H24N2O2/c1-4-13-10-5-7-14(12(10)16)11(6-8-15)9(2)3/h9-11,13,15H,4-8H2,1-3H3. The van der Waals surface area contributed by atoms with Crippen LogP contribution in [0.3, 0.4) is 0 Å². The van der Waals surface area contributed by atoms with Crippen molar-refractivity contribution in [3.63, 3.8) is 0 Å². The van der Waals surface area contributed by atoms with Gasteiger partial charge < -0.3 is 15.3 Å². The number of amides is 1. The van der Waals surface area contributed by atoms with Gasteiger partial charge in [0.25, 0.3) is 0 Å². The van der Waals surface area contributed by atoms with Gasteiger partial charge in [0, 0.05) is 19.2 Å². The molecule has 1 heterocycles. The number of carbonyl (C=O) groups is 1. The Balaban J connectivity index is 2.62. The van der Waals surface area contributed by atoms with Crippen LogP contribution in [0.2, 0.25) is 0 Å². The molecule has 2 unspecified atom stereocenters. The Hall–Kier alpha value is -0.610. The molecular weight excluding hydrogens is 204 g/mol. The molecule has 1 saturated heterocycles. The van der Waals surface area contributed by atoms with Gasteiger partial charge in [-0.2, -0.15) is 0 Å². The van der Waals surface area contributed by atoms with E-state index in [-0.39, 0.29) is 24.6 Å². The zero-order valence-corrected chi connectivity index (χ0v) is 10.6. The van der Waals surface area contributed by atoms with Crippen LogP contribution in [0.1, 0.15) is 33.6 Å². The van der Waals surface area contributed by atoms with Crippen LogP contribution in [0, 0.1) is 5.92 Å². The molecular formula is C12H24N2O2. The lowest BCUT2D eigenvalue weighted by atomic mass is 10.00. The van der Waals surface area contributed by atoms with E-state index in [1.54, 1.807) is 0 Å². The van der Waals surface area contributed by atoms with E-state index in [9.17, 15) is 4.79 Å². The Morgan fingerprint density at radius 2 is 2.25 bits per heavy atom. The van der Waals surface area contributed by atoms with E-state index in [4.69, 9.17) is 5.11 Å². The Bertz CT molecular complexity index is 231. The van der Waals surface area contributed by atoms with Gasteiger partial charge in [-0.3, -0.25) is 4.79 Å². The topological polar surface area (TPSA) is 52.6 Å². The van der Waals surface area contributed by atoms with Gasteiger partial charge in [0.2, 0.25) is 5.91 Å². The molecule has 1 rings (SSSR count). The van der Waals surface area contributed by atoms with Crippen LogP contribution in [-0.4, -0.2) is 47.7 Å². The molecule has 0 spiro atoms. The molecule has 1 aliphatic heterocycles. The van der Waals surface area contributed by atoms with Crippen LogP contribution >= 0.6 is 0 Å². The average molecular weight is 228 g/mol. The second-order valence-electron chi connectivity index (χ2n) is 4.75. The maximum atomic E-state index is 12.1. The van der Waals surface area contributed by atoms with E-state index < -0.39 is 0 Å². The molecule has 0 aromatic heterocycles. The van der Waals surface area contributed by atoms with Gasteiger partial charge in [-0.05, 0) is 25.3 Å². The summed E-state index contributed by atoms with van der Waals surface area (Å²) in [5, 5.41) is 12.3. The predicted molar refractivity (Wildman–Crippen MR) is 64.1 cm³/mol. The van der Waals surface area contributed by atoms with Gasteiger partial charge in [0.1, 0.15) is 0 Å². The first-order valence-corrected chi connectivity index (χ1v) is 6.26. The third-order valence-corrected chi connectivity index (χ3v) is 3.29. The first-order chi connectivity index (χ1) is 7.61. The number of aliphatic hydroxyl groups excluding tert-OH is 1. The Labute approximate surface area is 98.0 Å². The van der Waals surface area contributed by atoms with E-state index in [1.165, 1.54) is 0 Å². The van der Waals surface area contributed by atoms with Gasteiger partial charge >= 0.3 is 0 Å². The summed E-state index contributed by atoms with van der Waals surface area (Å²) in [7, 11) is 0. The number of nitrogens with one attached hydrogen (secondary N) is 1. The molecule has 0 radical (unpaired) electrons. The van der Waals surface area contributed by atoms with E-state index in [0.717, 1.165) is 19.5 Å². The summed E-state index contributed by atoms with van der Waals surface area (Å²) in [6.45, 7) is 8.03. The van der Waals surface area contributed by atoms with Crippen LogP contribution in [0.15, 0.2) is 0 Å².